The first-order valence-corrected chi connectivity index (χ1v) is 6.86. The van der Waals surface area contributed by atoms with E-state index < -0.39 is 14.8 Å². The van der Waals surface area contributed by atoms with Crippen LogP contribution in [0, 0.1) is 0 Å². The van der Waals surface area contributed by atoms with Crippen LogP contribution in [0.5, 0.6) is 0 Å². The van der Waals surface area contributed by atoms with Gasteiger partial charge in [-0.1, -0.05) is 37.3 Å². The van der Waals surface area contributed by atoms with Gasteiger partial charge in [-0.15, -0.1) is 0 Å². The standard InChI is InChI=1S/C12H19NO2S/c1-10(11-7-5-4-6-8-11)9-12(2,3)16(13,14)15/h4-8,10H,9H2,1-3H3,(H2,13,14,15)/t10-/m1/s1. The number of nitrogens with two attached hydrogens (primary N) is 1. The van der Waals surface area contributed by atoms with Gasteiger partial charge < -0.3 is 0 Å². The average molecular weight is 241 g/mol. The monoisotopic (exact) mass is 241 g/mol. The first kappa shape index (κ1) is 13.2. The molecule has 0 aliphatic heterocycles. The van der Waals surface area contributed by atoms with Crippen molar-refractivity contribution in [2.24, 2.45) is 5.14 Å². The highest BCUT2D eigenvalue weighted by atomic mass is 32.2. The van der Waals surface area contributed by atoms with Crippen molar-refractivity contribution < 1.29 is 8.42 Å². The van der Waals surface area contributed by atoms with Crippen molar-refractivity contribution in [2.45, 2.75) is 37.9 Å². The minimum atomic E-state index is -3.51. The van der Waals surface area contributed by atoms with Gasteiger partial charge >= 0.3 is 0 Å². The highest BCUT2D eigenvalue weighted by molar-refractivity contribution is 7.90. The normalized spacial score (nSPS) is 14.8. The van der Waals surface area contributed by atoms with Crippen LogP contribution >= 0.6 is 0 Å². The van der Waals surface area contributed by atoms with E-state index in [0.29, 0.717) is 6.42 Å². The summed E-state index contributed by atoms with van der Waals surface area (Å²) in [6.07, 6.45) is 0.524. The minimum Gasteiger partial charge on any atom is -0.228 e. The minimum absolute atomic E-state index is 0.175. The molecule has 1 atom stereocenters. The van der Waals surface area contributed by atoms with Gasteiger partial charge in [-0.05, 0) is 31.7 Å². The van der Waals surface area contributed by atoms with E-state index in [9.17, 15) is 8.42 Å². The SMILES string of the molecule is C[C@H](CC(C)(C)S(N)(=O)=O)c1ccccc1. The van der Waals surface area contributed by atoms with Crippen molar-refractivity contribution in [2.75, 3.05) is 0 Å². The van der Waals surface area contributed by atoms with Crippen molar-refractivity contribution in [3.8, 4) is 0 Å². The molecule has 0 fully saturated rings. The van der Waals surface area contributed by atoms with Crippen LogP contribution in [0.25, 0.3) is 0 Å². The average Bonchev–Trinajstić information content (AvgIpc) is 2.16. The van der Waals surface area contributed by atoms with Crippen molar-refractivity contribution in [1.29, 1.82) is 0 Å². The summed E-state index contributed by atoms with van der Waals surface area (Å²) in [6, 6.07) is 9.86. The third-order valence-electron chi connectivity index (χ3n) is 2.94. The molecule has 0 bridgehead atoms. The predicted molar refractivity (Wildman–Crippen MR) is 66.7 cm³/mol. The van der Waals surface area contributed by atoms with Crippen LogP contribution in [-0.4, -0.2) is 13.2 Å². The lowest BCUT2D eigenvalue weighted by molar-refractivity contribution is 0.500. The number of rotatable bonds is 4. The first-order valence-electron chi connectivity index (χ1n) is 5.31. The van der Waals surface area contributed by atoms with Gasteiger partial charge in [0.25, 0.3) is 0 Å². The van der Waals surface area contributed by atoms with E-state index in [1.54, 1.807) is 13.8 Å². The second kappa shape index (κ2) is 4.55. The Hall–Kier alpha value is -0.870. The largest absolute Gasteiger partial charge is 0.228 e. The van der Waals surface area contributed by atoms with Crippen LogP contribution in [0.2, 0.25) is 0 Å². The summed E-state index contributed by atoms with van der Waals surface area (Å²) in [5.74, 6) is 0.175. The molecule has 0 heterocycles. The quantitative estimate of drug-likeness (QED) is 0.878. The molecule has 90 valence electrons. The first-order chi connectivity index (χ1) is 7.24. The summed E-state index contributed by atoms with van der Waals surface area (Å²) in [6.45, 7) is 5.35. The van der Waals surface area contributed by atoms with Gasteiger partial charge in [-0.3, -0.25) is 0 Å². The van der Waals surface area contributed by atoms with Crippen molar-refractivity contribution >= 4 is 10.0 Å². The molecule has 0 aliphatic rings. The van der Waals surface area contributed by atoms with Gasteiger partial charge in [-0.25, -0.2) is 13.6 Å². The topological polar surface area (TPSA) is 60.2 Å². The molecule has 0 saturated carbocycles. The van der Waals surface area contributed by atoms with Crippen LogP contribution in [0.1, 0.15) is 38.7 Å². The van der Waals surface area contributed by atoms with Crippen LogP contribution in [0.3, 0.4) is 0 Å². The molecule has 0 saturated heterocycles. The summed E-state index contributed by atoms with van der Waals surface area (Å²) in [5.41, 5.74) is 1.14. The Morgan fingerprint density at radius 2 is 1.75 bits per heavy atom. The Kier molecular flexibility index (Phi) is 3.76. The van der Waals surface area contributed by atoms with E-state index in [4.69, 9.17) is 5.14 Å². The summed E-state index contributed by atoms with van der Waals surface area (Å²) in [7, 11) is -3.51. The molecule has 0 amide bonds. The fourth-order valence-electron chi connectivity index (χ4n) is 1.75. The lowest BCUT2D eigenvalue weighted by atomic mass is 9.91. The van der Waals surface area contributed by atoms with E-state index in [1.807, 2.05) is 37.3 Å². The second-order valence-corrected chi connectivity index (χ2v) is 7.02. The van der Waals surface area contributed by atoms with Crippen LogP contribution < -0.4 is 5.14 Å². The maximum atomic E-state index is 11.4. The number of benzene rings is 1. The fraction of sp³-hybridized carbons (Fsp3) is 0.500. The number of hydrogen-bond acceptors (Lipinski definition) is 2. The lowest BCUT2D eigenvalue weighted by Crippen LogP contribution is -2.38. The molecule has 0 unspecified atom stereocenters. The zero-order valence-electron chi connectivity index (χ0n) is 9.97. The zero-order chi connectivity index (χ0) is 12.4. The van der Waals surface area contributed by atoms with E-state index in [2.05, 4.69) is 0 Å². The highest BCUT2D eigenvalue weighted by Crippen LogP contribution is 2.29. The second-order valence-electron chi connectivity index (χ2n) is 4.82. The van der Waals surface area contributed by atoms with Gasteiger partial charge in [0.2, 0.25) is 10.0 Å². The van der Waals surface area contributed by atoms with Crippen molar-refractivity contribution in [1.82, 2.24) is 0 Å². The Bertz CT molecular complexity index is 437. The van der Waals surface area contributed by atoms with Crippen LogP contribution in [0.4, 0.5) is 0 Å². The van der Waals surface area contributed by atoms with Gasteiger partial charge in [0.15, 0.2) is 0 Å². The molecule has 1 aromatic carbocycles. The Balaban J connectivity index is 2.84. The van der Waals surface area contributed by atoms with Crippen LogP contribution in [0.15, 0.2) is 30.3 Å². The van der Waals surface area contributed by atoms with Gasteiger partial charge in [-0.2, -0.15) is 0 Å². The van der Waals surface area contributed by atoms with Gasteiger partial charge in [0, 0.05) is 0 Å². The lowest BCUT2D eigenvalue weighted by Gasteiger charge is -2.25. The molecule has 1 rings (SSSR count). The molecule has 2 N–H and O–H groups in total. The van der Waals surface area contributed by atoms with E-state index in [1.165, 1.54) is 0 Å². The Morgan fingerprint density at radius 3 is 2.19 bits per heavy atom. The molecule has 1 aromatic rings. The molecule has 3 nitrogen and oxygen atoms in total. The van der Waals surface area contributed by atoms with Gasteiger partial charge in [0.05, 0.1) is 4.75 Å². The smallest absolute Gasteiger partial charge is 0.214 e. The van der Waals surface area contributed by atoms with E-state index >= 15 is 0 Å². The molecular weight excluding hydrogens is 222 g/mol. The molecular formula is C12H19NO2S. The van der Waals surface area contributed by atoms with E-state index in [-0.39, 0.29) is 5.92 Å². The maximum absolute atomic E-state index is 11.4. The fourth-order valence-corrected chi connectivity index (χ4v) is 2.24. The third kappa shape index (κ3) is 3.06. The maximum Gasteiger partial charge on any atom is 0.214 e. The number of sulfonamides is 1. The molecule has 0 aromatic heterocycles. The van der Waals surface area contributed by atoms with E-state index in [0.717, 1.165) is 5.56 Å². The molecule has 0 spiro atoms. The number of primary sulfonamides is 1. The van der Waals surface area contributed by atoms with Crippen molar-refractivity contribution in [3.63, 3.8) is 0 Å². The zero-order valence-corrected chi connectivity index (χ0v) is 10.8. The molecule has 4 heteroatoms. The Morgan fingerprint density at radius 1 is 1.25 bits per heavy atom. The Labute approximate surface area is 97.7 Å². The number of hydrogen-bond donors (Lipinski definition) is 1. The molecule has 0 radical (unpaired) electrons. The third-order valence-corrected chi connectivity index (χ3v) is 4.64. The molecule has 0 aliphatic carbocycles. The predicted octanol–water partition coefficient (Wildman–Crippen LogP) is 2.25. The summed E-state index contributed by atoms with van der Waals surface area (Å²) in [5, 5.41) is 5.21. The van der Waals surface area contributed by atoms with Gasteiger partial charge in [0.1, 0.15) is 0 Å². The summed E-state index contributed by atoms with van der Waals surface area (Å²) < 4.78 is 21.9. The highest BCUT2D eigenvalue weighted by Gasteiger charge is 2.32. The summed E-state index contributed by atoms with van der Waals surface area (Å²) >= 11 is 0. The van der Waals surface area contributed by atoms with Crippen LogP contribution in [-0.2, 0) is 10.0 Å². The van der Waals surface area contributed by atoms with Crippen molar-refractivity contribution in [3.05, 3.63) is 35.9 Å². The summed E-state index contributed by atoms with van der Waals surface area (Å²) in [4.78, 5) is 0. The molecule has 16 heavy (non-hydrogen) atoms.